The number of benzene rings is 1. The SMILES string of the molecule is CS[C@@H](C)C(=O)Nc1ccc(Br)c(C)c1. The van der Waals surface area contributed by atoms with Crippen molar-refractivity contribution in [2.24, 2.45) is 0 Å². The van der Waals surface area contributed by atoms with E-state index in [1.54, 1.807) is 0 Å². The number of carbonyl (C=O) groups excluding carboxylic acids is 1. The predicted molar refractivity (Wildman–Crippen MR) is 70.5 cm³/mol. The van der Waals surface area contributed by atoms with Crippen LogP contribution < -0.4 is 5.32 Å². The summed E-state index contributed by atoms with van der Waals surface area (Å²) in [7, 11) is 0. The number of amides is 1. The number of thioether (sulfide) groups is 1. The van der Waals surface area contributed by atoms with E-state index in [-0.39, 0.29) is 11.2 Å². The van der Waals surface area contributed by atoms with Gasteiger partial charge in [0.15, 0.2) is 0 Å². The minimum atomic E-state index is -0.0195. The number of hydrogen-bond donors (Lipinski definition) is 1. The van der Waals surface area contributed by atoms with E-state index < -0.39 is 0 Å². The summed E-state index contributed by atoms with van der Waals surface area (Å²) >= 11 is 4.96. The van der Waals surface area contributed by atoms with E-state index in [9.17, 15) is 4.79 Å². The van der Waals surface area contributed by atoms with Gasteiger partial charge in [-0.25, -0.2) is 0 Å². The van der Waals surface area contributed by atoms with Crippen molar-refractivity contribution in [2.45, 2.75) is 19.1 Å². The number of rotatable bonds is 3. The van der Waals surface area contributed by atoms with Crippen molar-refractivity contribution in [2.75, 3.05) is 11.6 Å². The van der Waals surface area contributed by atoms with Crippen LogP contribution in [0.5, 0.6) is 0 Å². The molecule has 2 nitrogen and oxygen atoms in total. The van der Waals surface area contributed by atoms with Crippen LogP contribution in [0.25, 0.3) is 0 Å². The van der Waals surface area contributed by atoms with Crippen molar-refractivity contribution in [3.8, 4) is 0 Å². The van der Waals surface area contributed by atoms with Gasteiger partial charge in [-0.05, 0) is 43.9 Å². The molecule has 1 amide bonds. The van der Waals surface area contributed by atoms with Gasteiger partial charge in [0.05, 0.1) is 5.25 Å². The second-order valence-electron chi connectivity index (χ2n) is 3.33. The summed E-state index contributed by atoms with van der Waals surface area (Å²) in [5.74, 6) is 0.0456. The van der Waals surface area contributed by atoms with Gasteiger partial charge in [-0.2, -0.15) is 11.8 Å². The fourth-order valence-electron chi connectivity index (χ4n) is 1.07. The van der Waals surface area contributed by atoms with E-state index in [0.717, 1.165) is 15.7 Å². The van der Waals surface area contributed by atoms with Crippen LogP contribution in [0, 0.1) is 6.92 Å². The largest absolute Gasteiger partial charge is 0.325 e. The lowest BCUT2D eigenvalue weighted by molar-refractivity contribution is -0.115. The van der Waals surface area contributed by atoms with Gasteiger partial charge in [0, 0.05) is 10.2 Å². The molecule has 0 fully saturated rings. The normalized spacial score (nSPS) is 12.3. The third-order valence-corrected chi connectivity index (χ3v) is 3.96. The molecule has 1 rings (SSSR count). The summed E-state index contributed by atoms with van der Waals surface area (Å²) < 4.78 is 1.05. The lowest BCUT2D eigenvalue weighted by atomic mass is 10.2. The van der Waals surface area contributed by atoms with Crippen LogP contribution in [0.1, 0.15) is 12.5 Å². The Kier molecular flexibility index (Phi) is 4.67. The predicted octanol–water partition coefficient (Wildman–Crippen LogP) is 3.45. The van der Waals surface area contributed by atoms with E-state index in [4.69, 9.17) is 0 Å². The highest BCUT2D eigenvalue weighted by atomic mass is 79.9. The maximum Gasteiger partial charge on any atom is 0.237 e. The van der Waals surface area contributed by atoms with E-state index in [1.807, 2.05) is 38.3 Å². The van der Waals surface area contributed by atoms with E-state index >= 15 is 0 Å². The van der Waals surface area contributed by atoms with Crippen molar-refractivity contribution in [3.05, 3.63) is 28.2 Å². The molecule has 4 heteroatoms. The summed E-state index contributed by atoms with van der Waals surface area (Å²) in [6.07, 6.45) is 1.93. The van der Waals surface area contributed by atoms with Gasteiger partial charge in [0.25, 0.3) is 0 Å². The molecule has 0 aliphatic heterocycles. The second kappa shape index (κ2) is 5.56. The number of nitrogens with one attached hydrogen (secondary N) is 1. The Morgan fingerprint density at radius 1 is 1.53 bits per heavy atom. The first-order chi connectivity index (χ1) is 7.04. The Balaban J connectivity index is 2.73. The minimum absolute atomic E-state index is 0.0195. The Hall–Kier alpha value is -0.480. The standard InChI is InChI=1S/C11H14BrNOS/c1-7-6-9(4-5-10(7)12)13-11(14)8(2)15-3/h4-6,8H,1-3H3,(H,13,14)/t8-/m0/s1. The van der Waals surface area contributed by atoms with Crippen molar-refractivity contribution in [1.82, 2.24) is 0 Å². The molecule has 1 aromatic rings. The van der Waals surface area contributed by atoms with Crippen LogP contribution >= 0.6 is 27.7 Å². The van der Waals surface area contributed by atoms with Crippen LogP contribution in [0.3, 0.4) is 0 Å². The highest BCUT2D eigenvalue weighted by Crippen LogP contribution is 2.20. The molecule has 1 atom stereocenters. The van der Waals surface area contributed by atoms with Gasteiger partial charge in [-0.15, -0.1) is 0 Å². The Labute approximate surface area is 103 Å². The molecule has 0 saturated heterocycles. The van der Waals surface area contributed by atoms with Crippen molar-refractivity contribution in [3.63, 3.8) is 0 Å². The number of anilines is 1. The molecule has 0 saturated carbocycles. The van der Waals surface area contributed by atoms with Gasteiger partial charge >= 0.3 is 0 Å². The monoisotopic (exact) mass is 287 g/mol. The van der Waals surface area contributed by atoms with E-state index in [0.29, 0.717) is 0 Å². The third kappa shape index (κ3) is 3.54. The zero-order chi connectivity index (χ0) is 11.4. The molecule has 0 heterocycles. The first-order valence-corrected chi connectivity index (χ1v) is 6.72. The average Bonchev–Trinajstić information content (AvgIpc) is 2.22. The summed E-state index contributed by atoms with van der Waals surface area (Å²) in [4.78, 5) is 11.6. The first-order valence-electron chi connectivity index (χ1n) is 4.64. The molecule has 1 aromatic carbocycles. The highest BCUT2D eigenvalue weighted by Gasteiger charge is 2.11. The van der Waals surface area contributed by atoms with Crippen molar-refractivity contribution < 1.29 is 4.79 Å². The fraction of sp³-hybridized carbons (Fsp3) is 0.364. The zero-order valence-corrected chi connectivity index (χ0v) is 11.4. The van der Waals surface area contributed by atoms with Crippen LogP contribution in [0.15, 0.2) is 22.7 Å². The maximum atomic E-state index is 11.6. The molecular formula is C11H14BrNOS. The van der Waals surface area contributed by atoms with Gasteiger partial charge < -0.3 is 5.32 Å². The number of carbonyl (C=O) groups is 1. The summed E-state index contributed by atoms with van der Waals surface area (Å²) in [5.41, 5.74) is 1.96. The smallest absolute Gasteiger partial charge is 0.237 e. The summed E-state index contributed by atoms with van der Waals surface area (Å²) in [6.45, 7) is 3.89. The highest BCUT2D eigenvalue weighted by molar-refractivity contribution is 9.10. The average molecular weight is 288 g/mol. The molecule has 0 aliphatic carbocycles. The lowest BCUT2D eigenvalue weighted by Gasteiger charge is -2.10. The first kappa shape index (κ1) is 12.6. The topological polar surface area (TPSA) is 29.1 Å². The maximum absolute atomic E-state index is 11.6. The molecule has 0 bridgehead atoms. The van der Waals surface area contributed by atoms with Crippen molar-refractivity contribution in [1.29, 1.82) is 0 Å². The quantitative estimate of drug-likeness (QED) is 0.923. The van der Waals surface area contributed by atoms with Gasteiger partial charge in [0.2, 0.25) is 5.91 Å². The van der Waals surface area contributed by atoms with Gasteiger partial charge in [-0.1, -0.05) is 15.9 Å². The van der Waals surface area contributed by atoms with Crippen LogP contribution in [-0.2, 0) is 4.79 Å². The molecule has 0 aromatic heterocycles. The van der Waals surface area contributed by atoms with E-state index in [1.165, 1.54) is 11.8 Å². The van der Waals surface area contributed by atoms with Crippen LogP contribution in [0.2, 0.25) is 0 Å². The Morgan fingerprint density at radius 2 is 2.20 bits per heavy atom. The molecule has 82 valence electrons. The van der Waals surface area contributed by atoms with Crippen molar-refractivity contribution >= 4 is 39.3 Å². The third-order valence-electron chi connectivity index (χ3n) is 2.15. The number of aryl methyl sites for hydroxylation is 1. The van der Waals surface area contributed by atoms with Gasteiger partial charge in [-0.3, -0.25) is 4.79 Å². The second-order valence-corrected chi connectivity index (χ2v) is 5.36. The molecule has 15 heavy (non-hydrogen) atoms. The molecule has 0 unspecified atom stereocenters. The molecular weight excluding hydrogens is 274 g/mol. The van der Waals surface area contributed by atoms with E-state index in [2.05, 4.69) is 21.2 Å². The number of hydrogen-bond acceptors (Lipinski definition) is 2. The molecule has 1 N–H and O–H groups in total. The fourth-order valence-corrected chi connectivity index (χ4v) is 1.59. The zero-order valence-electron chi connectivity index (χ0n) is 9.00. The summed E-state index contributed by atoms with van der Waals surface area (Å²) in [5, 5.41) is 2.86. The lowest BCUT2D eigenvalue weighted by Crippen LogP contribution is -2.22. The molecule has 0 spiro atoms. The van der Waals surface area contributed by atoms with Crippen LogP contribution in [0.4, 0.5) is 5.69 Å². The van der Waals surface area contributed by atoms with Gasteiger partial charge in [0.1, 0.15) is 0 Å². The molecule has 0 aliphatic rings. The summed E-state index contributed by atoms with van der Waals surface area (Å²) in [6, 6.07) is 5.78. The Bertz CT molecular complexity index is 368. The van der Waals surface area contributed by atoms with Crippen LogP contribution in [-0.4, -0.2) is 17.4 Å². The minimum Gasteiger partial charge on any atom is -0.325 e. The molecule has 0 radical (unpaired) electrons. The number of halogens is 1. The Morgan fingerprint density at radius 3 is 2.73 bits per heavy atom.